The third-order valence-corrected chi connectivity index (χ3v) is 4.19. The van der Waals surface area contributed by atoms with Crippen LogP contribution in [0.3, 0.4) is 0 Å². The lowest BCUT2D eigenvalue weighted by Crippen LogP contribution is -2.25. The minimum atomic E-state index is -0.336. The summed E-state index contributed by atoms with van der Waals surface area (Å²) >= 11 is 0. The Bertz CT molecular complexity index is 885. The molecule has 2 N–H and O–H groups in total. The van der Waals surface area contributed by atoms with Gasteiger partial charge in [0.15, 0.2) is 11.6 Å². The Morgan fingerprint density at radius 3 is 2.54 bits per heavy atom. The lowest BCUT2D eigenvalue weighted by Gasteiger charge is -2.21. The number of pyridine rings is 1. The maximum absolute atomic E-state index is 9.64. The van der Waals surface area contributed by atoms with Crippen LogP contribution in [0.2, 0.25) is 0 Å². The van der Waals surface area contributed by atoms with Gasteiger partial charge in [0.25, 0.3) is 0 Å². The fourth-order valence-electron chi connectivity index (χ4n) is 2.65. The lowest BCUT2D eigenvalue weighted by atomic mass is 9.95. The lowest BCUT2D eigenvalue weighted by molar-refractivity contribution is 0.137. The van der Waals surface area contributed by atoms with E-state index in [4.69, 9.17) is 4.98 Å². The number of aliphatic hydroxyl groups excluding tert-OH is 2. The molecule has 26 heavy (non-hydrogen) atoms. The number of nitrogens with zero attached hydrogens (tertiary/aromatic N) is 4. The van der Waals surface area contributed by atoms with Crippen LogP contribution in [0.25, 0.3) is 22.9 Å². The summed E-state index contributed by atoms with van der Waals surface area (Å²) in [6, 6.07) is 11.7. The SMILES string of the molecule is Cc1cccc(-c2nc(-c3ccc(CO)cn3)n(CC(C)(C)CO)n2)c1. The van der Waals surface area contributed by atoms with E-state index in [1.54, 1.807) is 10.9 Å². The molecule has 3 aromatic rings. The first-order valence-electron chi connectivity index (χ1n) is 8.61. The van der Waals surface area contributed by atoms with Crippen molar-refractivity contribution in [1.29, 1.82) is 0 Å². The molecule has 136 valence electrons. The molecule has 0 spiro atoms. The molecule has 2 aromatic heterocycles. The van der Waals surface area contributed by atoms with Gasteiger partial charge in [-0.15, -0.1) is 0 Å². The second kappa shape index (κ2) is 7.35. The van der Waals surface area contributed by atoms with Gasteiger partial charge in [0.1, 0.15) is 5.69 Å². The molecule has 3 rings (SSSR count). The van der Waals surface area contributed by atoms with Crippen LogP contribution in [-0.4, -0.2) is 36.6 Å². The van der Waals surface area contributed by atoms with Crippen molar-refractivity contribution in [1.82, 2.24) is 19.7 Å². The van der Waals surface area contributed by atoms with Crippen molar-refractivity contribution in [2.75, 3.05) is 6.61 Å². The smallest absolute Gasteiger partial charge is 0.181 e. The van der Waals surface area contributed by atoms with Gasteiger partial charge in [-0.25, -0.2) is 9.67 Å². The van der Waals surface area contributed by atoms with Crippen molar-refractivity contribution >= 4 is 0 Å². The van der Waals surface area contributed by atoms with Crippen molar-refractivity contribution in [3.05, 3.63) is 53.7 Å². The average molecular weight is 352 g/mol. The Balaban J connectivity index is 2.07. The van der Waals surface area contributed by atoms with Crippen molar-refractivity contribution in [2.24, 2.45) is 5.41 Å². The fourth-order valence-corrected chi connectivity index (χ4v) is 2.65. The molecule has 0 radical (unpaired) electrons. The van der Waals surface area contributed by atoms with Gasteiger partial charge in [0.2, 0.25) is 0 Å². The first-order valence-corrected chi connectivity index (χ1v) is 8.61. The summed E-state index contributed by atoms with van der Waals surface area (Å²) in [4.78, 5) is 9.13. The van der Waals surface area contributed by atoms with Crippen molar-refractivity contribution < 1.29 is 10.2 Å². The summed E-state index contributed by atoms with van der Waals surface area (Å²) in [7, 11) is 0. The molecule has 0 unspecified atom stereocenters. The number of aromatic nitrogens is 4. The normalized spacial score (nSPS) is 11.7. The number of aliphatic hydroxyl groups is 2. The van der Waals surface area contributed by atoms with E-state index in [1.165, 1.54) is 0 Å². The summed E-state index contributed by atoms with van der Waals surface area (Å²) in [5.74, 6) is 1.28. The highest BCUT2D eigenvalue weighted by atomic mass is 16.3. The zero-order chi connectivity index (χ0) is 18.7. The van der Waals surface area contributed by atoms with Crippen LogP contribution in [0.1, 0.15) is 25.0 Å². The Kier molecular flexibility index (Phi) is 5.15. The summed E-state index contributed by atoms with van der Waals surface area (Å²) in [5.41, 5.74) is 3.18. The second-order valence-electron chi connectivity index (χ2n) is 7.32. The van der Waals surface area contributed by atoms with Crippen molar-refractivity contribution in [2.45, 2.75) is 33.9 Å². The summed E-state index contributed by atoms with van der Waals surface area (Å²) in [5, 5.41) is 23.5. The molecule has 0 saturated heterocycles. The predicted molar refractivity (Wildman–Crippen MR) is 100 cm³/mol. The van der Waals surface area contributed by atoms with E-state index in [-0.39, 0.29) is 18.6 Å². The van der Waals surface area contributed by atoms with Crippen LogP contribution in [0.5, 0.6) is 0 Å². The third kappa shape index (κ3) is 3.98. The molecule has 0 aliphatic rings. The van der Waals surface area contributed by atoms with Gasteiger partial charge >= 0.3 is 0 Å². The highest BCUT2D eigenvalue weighted by Gasteiger charge is 2.22. The average Bonchev–Trinajstić information content (AvgIpc) is 3.05. The maximum atomic E-state index is 9.64. The Hall–Kier alpha value is -2.57. The minimum Gasteiger partial charge on any atom is -0.396 e. The first-order chi connectivity index (χ1) is 12.4. The largest absolute Gasteiger partial charge is 0.396 e. The highest BCUT2D eigenvalue weighted by Crippen LogP contribution is 2.25. The molecule has 0 saturated carbocycles. The van der Waals surface area contributed by atoms with Crippen molar-refractivity contribution in [3.8, 4) is 22.9 Å². The Morgan fingerprint density at radius 2 is 1.92 bits per heavy atom. The zero-order valence-electron chi connectivity index (χ0n) is 15.3. The zero-order valence-corrected chi connectivity index (χ0v) is 15.3. The molecule has 1 aromatic carbocycles. The van der Waals surface area contributed by atoms with E-state index >= 15 is 0 Å². The van der Waals surface area contributed by atoms with E-state index in [0.717, 1.165) is 16.7 Å². The first kappa shape index (κ1) is 18.2. The number of aryl methyl sites for hydroxylation is 1. The van der Waals surface area contributed by atoms with Crippen LogP contribution in [-0.2, 0) is 13.2 Å². The number of hydrogen-bond donors (Lipinski definition) is 2. The molecular weight excluding hydrogens is 328 g/mol. The fraction of sp³-hybridized carbons (Fsp3) is 0.350. The van der Waals surface area contributed by atoms with Gasteiger partial charge in [0, 0.05) is 23.8 Å². The van der Waals surface area contributed by atoms with Gasteiger partial charge in [-0.2, -0.15) is 5.10 Å². The van der Waals surface area contributed by atoms with E-state index in [1.807, 2.05) is 57.2 Å². The molecule has 6 heteroatoms. The van der Waals surface area contributed by atoms with E-state index in [2.05, 4.69) is 10.1 Å². The van der Waals surface area contributed by atoms with Gasteiger partial charge in [-0.1, -0.05) is 43.7 Å². The second-order valence-corrected chi connectivity index (χ2v) is 7.32. The van der Waals surface area contributed by atoms with Crippen LogP contribution in [0, 0.1) is 12.3 Å². The molecular formula is C20H24N4O2. The van der Waals surface area contributed by atoms with Gasteiger partial charge < -0.3 is 10.2 Å². The van der Waals surface area contributed by atoms with Gasteiger partial charge in [-0.05, 0) is 24.6 Å². The number of hydrogen-bond acceptors (Lipinski definition) is 5. The number of rotatable bonds is 6. The monoisotopic (exact) mass is 352 g/mol. The predicted octanol–water partition coefficient (Wildman–Crippen LogP) is 2.83. The minimum absolute atomic E-state index is 0.0446. The molecule has 0 atom stereocenters. The van der Waals surface area contributed by atoms with E-state index in [0.29, 0.717) is 23.9 Å². The summed E-state index contributed by atoms with van der Waals surface area (Å²) in [6.45, 7) is 6.50. The molecule has 0 amide bonds. The molecule has 0 aliphatic carbocycles. The standard InChI is InChI=1S/C20H24N4O2/c1-14-5-4-6-16(9-14)18-22-19(17-8-7-15(11-25)10-21-17)24(23-18)12-20(2,3)13-26/h4-10,25-26H,11-13H2,1-3H3. The Labute approximate surface area is 153 Å². The van der Waals surface area contributed by atoms with Gasteiger partial charge in [0.05, 0.1) is 13.2 Å². The van der Waals surface area contributed by atoms with E-state index in [9.17, 15) is 10.2 Å². The Morgan fingerprint density at radius 1 is 1.12 bits per heavy atom. The summed E-state index contributed by atoms with van der Waals surface area (Å²) < 4.78 is 1.80. The maximum Gasteiger partial charge on any atom is 0.181 e. The van der Waals surface area contributed by atoms with Crippen LogP contribution >= 0.6 is 0 Å². The third-order valence-electron chi connectivity index (χ3n) is 4.19. The van der Waals surface area contributed by atoms with Crippen molar-refractivity contribution in [3.63, 3.8) is 0 Å². The molecule has 6 nitrogen and oxygen atoms in total. The van der Waals surface area contributed by atoms with Crippen LogP contribution in [0.4, 0.5) is 0 Å². The molecule has 0 bridgehead atoms. The number of benzene rings is 1. The molecule has 2 heterocycles. The van der Waals surface area contributed by atoms with Crippen LogP contribution < -0.4 is 0 Å². The highest BCUT2D eigenvalue weighted by molar-refractivity contribution is 5.60. The quantitative estimate of drug-likeness (QED) is 0.713. The van der Waals surface area contributed by atoms with E-state index < -0.39 is 0 Å². The topological polar surface area (TPSA) is 84.1 Å². The molecule has 0 aliphatic heterocycles. The van der Waals surface area contributed by atoms with Crippen LogP contribution in [0.15, 0.2) is 42.6 Å². The summed E-state index contributed by atoms with van der Waals surface area (Å²) in [6.07, 6.45) is 1.64. The molecule has 0 fully saturated rings. The van der Waals surface area contributed by atoms with Gasteiger partial charge in [-0.3, -0.25) is 4.98 Å².